The number of nitrogens with zero attached hydrogens (tertiary/aromatic N) is 5. The molecular weight excluding hydrogens is 420 g/mol. The van der Waals surface area contributed by atoms with Gasteiger partial charge in [0.2, 0.25) is 5.95 Å². The SMILES string of the molecule is Cn1ccc2nc(Nc3cnn(C4COC5(CCNCC5)C4)c3)nc(NC3(C)CC3)c2c1=O. The lowest BCUT2D eigenvalue weighted by molar-refractivity contribution is -0.0196. The number of ether oxygens (including phenoxy) is 1. The van der Waals surface area contributed by atoms with Gasteiger partial charge in [-0.25, -0.2) is 4.98 Å². The maximum absolute atomic E-state index is 12.8. The van der Waals surface area contributed by atoms with Crippen molar-refractivity contribution in [1.82, 2.24) is 29.6 Å². The average Bonchev–Trinajstić information content (AvgIpc) is 3.17. The Labute approximate surface area is 191 Å². The summed E-state index contributed by atoms with van der Waals surface area (Å²) in [6, 6.07) is 2.08. The quantitative estimate of drug-likeness (QED) is 0.543. The van der Waals surface area contributed by atoms with E-state index in [-0.39, 0.29) is 22.7 Å². The van der Waals surface area contributed by atoms with Gasteiger partial charge in [0, 0.05) is 31.4 Å². The van der Waals surface area contributed by atoms with Gasteiger partial charge in [-0.05, 0) is 51.8 Å². The zero-order valence-electron chi connectivity index (χ0n) is 19.1. The van der Waals surface area contributed by atoms with E-state index < -0.39 is 0 Å². The Balaban J connectivity index is 1.26. The van der Waals surface area contributed by atoms with Crippen LogP contribution in [0, 0.1) is 0 Å². The molecule has 174 valence electrons. The number of piperidine rings is 1. The second kappa shape index (κ2) is 7.53. The van der Waals surface area contributed by atoms with Crippen LogP contribution in [0.1, 0.15) is 45.1 Å². The van der Waals surface area contributed by atoms with Gasteiger partial charge < -0.3 is 25.3 Å². The fraction of sp³-hybridized carbons (Fsp3) is 0.565. The summed E-state index contributed by atoms with van der Waals surface area (Å²) in [5, 5.41) is 15.3. The second-order valence-electron chi connectivity index (χ2n) is 10.0. The average molecular weight is 451 g/mol. The van der Waals surface area contributed by atoms with E-state index in [1.54, 1.807) is 24.0 Å². The van der Waals surface area contributed by atoms with E-state index in [2.05, 4.69) is 37.9 Å². The lowest BCUT2D eigenvalue weighted by atomic mass is 9.88. The maximum Gasteiger partial charge on any atom is 0.263 e. The van der Waals surface area contributed by atoms with Gasteiger partial charge in [0.05, 0.1) is 35.7 Å². The largest absolute Gasteiger partial charge is 0.373 e. The Hall–Kier alpha value is -2.98. The molecule has 3 aromatic heterocycles. The van der Waals surface area contributed by atoms with Crippen LogP contribution in [0.5, 0.6) is 0 Å². The molecule has 33 heavy (non-hydrogen) atoms. The molecule has 3 aromatic rings. The van der Waals surface area contributed by atoms with E-state index in [1.165, 1.54) is 0 Å². The summed E-state index contributed by atoms with van der Waals surface area (Å²) in [7, 11) is 1.74. The van der Waals surface area contributed by atoms with Crippen LogP contribution in [0.25, 0.3) is 10.9 Å². The van der Waals surface area contributed by atoms with Crippen LogP contribution in [-0.4, -0.2) is 55.2 Å². The highest BCUT2D eigenvalue weighted by Crippen LogP contribution is 2.40. The number of nitrogens with one attached hydrogen (secondary N) is 3. The summed E-state index contributed by atoms with van der Waals surface area (Å²) in [4.78, 5) is 22.1. The molecule has 6 rings (SSSR count). The molecule has 10 heteroatoms. The van der Waals surface area contributed by atoms with Gasteiger partial charge in [-0.1, -0.05) is 0 Å². The molecule has 1 saturated carbocycles. The van der Waals surface area contributed by atoms with E-state index in [0.717, 1.165) is 50.9 Å². The molecule has 5 heterocycles. The molecular formula is C23H30N8O2. The molecule has 1 unspecified atom stereocenters. The molecule has 2 aliphatic heterocycles. The third-order valence-corrected chi connectivity index (χ3v) is 7.28. The minimum Gasteiger partial charge on any atom is -0.373 e. The summed E-state index contributed by atoms with van der Waals surface area (Å²) in [5.74, 6) is 1.02. The van der Waals surface area contributed by atoms with Crippen LogP contribution in [-0.2, 0) is 11.8 Å². The van der Waals surface area contributed by atoms with E-state index in [9.17, 15) is 4.79 Å². The van der Waals surface area contributed by atoms with Crippen molar-refractivity contribution in [3.63, 3.8) is 0 Å². The molecule has 2 saturated heterocycles. The van der Waals surface area contributed by atoms with Crippen molar-refractivity contribution < 1.29 is 4.74 Å². The van der Waals surface area contributed by atoms with Gasteiger partial charge in [0.25, 0.3) is 5.56 Å². The first kappa shape index (κ1) is 20.6. The molecule has 1 spiro atoms. The highest BCUT2D eigenvalue weighted by molar-refractivity contribution is 5.89. The first-order valence-electron chi connectivity index (χ1n) is 11.7. The molecule has 0 bridgehead atoms. The van der Waals surface area contributed by atoms with Crippen LogP contribution < -0.4 is 21.5 Å². The lowest BCUT2D eigenvalue weighted by Gasteiger charge is -2.32. The molecule has 0 aromatic carbocycles. The van der Waals surface area contributed by atoms with Crippen molar-refractivity contribution in [2.45, 2.75) is 56.2 Å². The molecule has 10 nitrogen and oxygen atoms in total. The lowest BCUT2D eigenvalue weighted by Crippen LogP contribution is -2.41. The molecule has 1 aliphatic carbocycles. The minimum atomic E-state index is -0.105. The van der Waals surface area contributed by atoms with Crippen molar-refractivity contribution in [2.75, 3.05) is 30.3 Å². The molecule has 1 atom stereocenters. The van der Waals surface area contributed by atoms with E-state index >= 15 is 0 Å². The Morgan fingerprint density at radius 3 is 2.82 bits per heavy atom. The highest BCUT2D eigenvalue weighted by atomic mass is 16.5. The molecule has 3 N–H and O–H groups in total. The first-order chi connectivity index (χ1) is 15.9. The number of rotatable bonds is 5. The molecule has 3 aliphatic rings. The van der Waals surface area contributed by atoms with Crippen LogP contribution >= 0.6 is 0 Å². The Kier molecular flexibility index (Phi) is 4.70. The zero-order valence-corrected chi connectivity index (χ0v) is 19.1. The van der Waals surface area contributed by atoms with Gasteiger partial charge in [-0.2, -0.15) is 10.1 Å². The molecule has 0 amide bonds. The van der Waals surface area contributed by atoms with Crippen molar-refractivity contribution in [1.29, 1.82) is 0 Å². The fourth-order valence-corrected chi connectivity index (χ4v) is 4.93. The van der Waals surface area contributed by atoms with Crippen LogP contribution in [0.4, 0.5) is 17.5 Å². The summed E-state index contributed by atoms with van der Waals surface area (Å²) < 4.78 is 9.77. The summed E-state index contributed by atoms with van der Waals surface area (Å²) in [6.45, 7) is 4.85. The minimum absolute atomic E-state index is 0.0113. The fourth-order valence-electron chi connectivity index (χ4n) is 4.93. The highest BCUT2D eigenvalue weighted by Gasteiger charge is 2.42. The number of aryl methyl sites for hydroxylation is 1. The number of fused-ring (bicyclic) bond motifs is 1. The smallest absolute Gasteiger partial charge is 0.263 e. The summed E-state index contributed by atoms with van der Waals surface area (Å²) >= 11 is 0. The third kappa shape index (κ3) is 3.87. The Morgan fingerprint density at radius 2 is 2.03 bits per heavy atom. The maximum atomic E-state index is 12.8. The van der Waals surface area contributed by atoms with Crippen molar-refractivity contribution in [2.24, 2.45) is 7.05 Å². The van der Waals surface area contributed by atoms with E-state index in [1.807, 2.05) is 16.9 Å². The summed E-state index contributed by atoms with van der Waals surface area (Å²) in [6.07, 6.45) is 10.7. The topological polar surface area (TPSA) is 111 Å². The van der Waals surface area contributed by atoms with E-state index in [0.29, 0.717) is 29.3 Å². The zero-order chi connectivity index (χ0) is 22.6. The van der Waals surface area contributed by atoms with Gasteiger partial charge >= 0.3 is 0 Å². The molecule has 0 radical (unpaired) electrons. The summed E-state index contributed by atoms with van der Waals surface area (Å²) in [5.41, 5.74) is 1.30. The number of hydrogen-bond donors (Lipinski definition) is 3. The van der Waals surface area contributed by atoms with Crippen LogP contribution in [0.3, 0.4) is 0 Å². The van der Waals surface area contributed by atoms with E-state index in [4.69, 9.17) is 4.74 Å². The van der Waals surface area contributed by atoms with Crippen molar-refractivity contribution in [3.05, 3.63) is 35.0 Å². The Morgan fingerprint density at radius 1 is 1.21 bits per heavy atom. The number of aromatic nitrogens is 5. The van der Waals surface area contributed by atoms with Crippen molar-refractivity contribution >= 4 is 28.4 Å². The van der Waals surface area contributed by atoms with Gasteiger partial charge in [-0.3, -0.25) is 9.48 Å². The first-order valence-corrected chi connectivity index (χ1v) is 11.7. The standard InChI is InChI=1S/C23H30N8O2/c1-22(4-5-22)29-19-18-17(3-10-30(2)20(18)32)27-21(28-19)26-15-12-25-31(13-15)16-11-23(33-14-16)6-8-24-9-7-23/h3,10,12-13,16,24H,4-9,11,14H2,1-2H3,(H2,26,27,28,29). The monoisotopic (exact) mass is 450 g/mol. The number of pyridine rings is 1. The predicted molar refractivity (Wildman–Crippen MR) is 126 cm³/mol. The molecule has 3 fully saturated rings. The second-order valence-corrected chi connectivity index (χ2v) is 10.0. The van der Waals surface area contributed by atoms with Gasteiger partial charge in [0.15, 0.2) is 0 Å². The van der Waals surface area contributed by atoms with Crippen molar-refractivity contribution in [3.8, 4) is 0 Å². The van der Waals surface area contributed by atoms with Gasteiger partial charge in [-0.15, -0.1) is 0 Å². The van der Waals surface area contributed by atoms with Gasteiger partial charge in [0.1, 0.15) is 11.2 Å². The number of hydrogen-bond acceptors (Lipinski definition) is 8. The normalized spacial score (nSPS) is 23.2. The van der Waals surface area contributed by atoms with Crippen LogP contribution in [0.15, 0.2) is 29.5 Å². The predicted octanol–water partition coefficient (Wildman–Crippen LogP) is 2.32. The van der Waals surface area contributed by atoms with Crippen LogP contribution in [0.2, 0.25) is 0 Å². The number of anilines is 3. The Bertz CT molecular complexity index is 1260. The third-order valence-electron chi connectivity index (χ3n) is 7.28.